The summed E-state index contributed by atoms with van der Waals surface area (Å²) in [5.41, 5.74) is 7.90. The molecule has 2 aromatic rings. The number of rotatable bonds is 2. The van der Waals surface area contributed by atoms with Gasteiger partial charge in [0.25, 0.3) is 0 Å². The molecule has 0 spiro atoms. The Morgan fingerprint density at radius 2 is 2.05 bits per heavy atom. The van der Waals surface area contributed by atoms with E-state index in [0.717, 1.165) is 42.3 Å². The summed E-state index contributed by atoms with van der Waals surface area (Å²) in [6.07, 6.45) is 7.01. The first-order valence-electron chi connectivity index (χ1n) is 7.65. The fourth-order valence-electron chi connectivity index (χ4n) is 3.05. The Morgan fingerprint density at radius 1 is 1.19 bits per heavy atom. The lowest BCUT2D eigenvalue weighted by atomic mass is 9.94. The number of carbonyl (C=O) groups is 1. The van der Waals surface area contributed by atoms with E-state index < -0.39 is 0 Å². The van der Waals surface area contributed by atoms with Crippen molar-refractivity contribution in [3.05, 3.63) is 36.5 Å². The van der Waals surface area contributed by atoms with Crippen LogP contribution in [0, 0.1) is 5.92 Å². The molecule has 1 heterocycles. The smallest absolute Gasteiger partial charge is 0.229 e. The number of aromatic nitrogens is 1. The number of nitrogens with zero attached hydrogens (tertiary/aromatic N) is 1. The normalized spacial score (nSPS) is 22.7. The van der Waals surface area contributed by atoms with Gasteiger partial charge in [-0.25, -0.2) is 0 Å². The number of benzene rings is 1. The second-order valence-corrected chi connectivity index (χ2v) is 5.81. The zero-order chi connectivity index (χ0) is 14.7. The maximum atomic E-state index is 12.5. The van der Waals surface area contributed by atoms with Crippen molar-refractivity contribution in [1.82, 2.24) is 4.98 Å². The van der Waals surface area contributed by atoms with Gasteiger partial charge in [-0.1, -0.05) is 25.3 Å². The van der Waals surface area contributed by atoms with Gasteiger partial charge < -0.3 is 11.1 Å². The zero-order valence-corrected chi connectivity index (χ0v) is 12.1. The number of pyridine rings is 1. The van der Waals surface area contributed by atoms with Crippen molar-refractivity contribution in [2.75, 3.05) is 5.32 Å². The largest absolute Gasteiger partial charge is 0.327 e. The molecule has 1 aliphatic rings. The van der Waals surface area contributed by atoms with Gasteiger partial charge in [-0.3, -0.25) is 9.78 Å². The van der Waals surface area contributed by atoms with Gasteiger partial charge in [0.15, 0.2) is 0 Å². The van der Waals surface area contributed by atoms with Gasteiger partial charge in [0.2, 0.25) is 5.91 Å². The fraction of sp³-hybridized carbons (Fsp3) is 0.412. The van der Waals surface area contributed by atoms with E-state index in [1.54, 1.807) is 6.20 Å². The molecule has 4 nitrogen and oxygen atoms in total. The van der Waals surface area contributed by atoms with E-state index in [2.05, 4.69) is 10.3 Å². The number of fused-ring (bicyclic) bond motifs is 1. The molecule has 1 saturated carbocycles. The maximum Gasteiger partial charge on any atom is 0.229 e. The zero-order valence-electron chi connectivity index (χ0n) is 12.1. The van der Waals surface area contributed by atoms with Crippen LogP contribution in [0.1, 0.15) is 32.1 Å². The first-order chi connectivity index (χ1) is 10.2. The molecule has 1 aromatic carbocycles. The molecule has 1 fully saturated rings. The predicted octanol–water partition coefficient (Wildman–Crippen LogP) is 3.08. The molecule has 1 aromatic heterocycles. The molecule has 0 radical (unpaired) electrons. The van der Waals surface area contributed by atoms with Crippen molar-refractivity contribution in [2.24, 2.45) is 11.7 Å². The average molecular weight is 283 g/mol. The lowest BCUT2D eigenvalue weighted by Gasteiger charge is -2.20. The van der Waals surface area contributed by atoms with Crippen LogP contribution in [0.15, 0.2) is 36.5 Å². The van der Waals surface area contributed by atoms with Crippen molar-refractivity contribution in [3.63, 3.8) is 0 Å². The van der Waals surface area contributed by atoms with Gasteiger partial charge in [0.05, 0.1) is 11.4 Å². The van der Waals surface area contributed by atoms with E-state index in [1.807, 2.05) is 30.3 Å². The van der Waals surface area contributed by atoms with Crippen LogP contribution in [0.25, 0.3) is 10.9 Å². The summed E-state index contributed by atoms with van der Waals surface area (Å²) in [6.45, 7) is 0. The van der Waals surface area contributed by atoms with Crippen molar-refractivity contribution in [3.8, 4) is 0 Å². The summed E-state index contributed by atoms with van der Waals surface area (Å²) in [6, 6.07) is 9.66. The Kier molecular flexibility index (Phi) is 4.15. The molecular formula is C17H21N3O. The molecule has 2 atom stereocenters. The lowest BCUT2D eigenvalue weighted by molar-refractivity contribution is -0.120. The monoisotopic (exact) mass is 283 g/mol. The topological polar surface area (TPSA) is 68.0 Å². The van der Waals surface area contributed by atoms with Crippen LogP contribution in [0.3, 0.4) is 0 Å². The highest BCUT2D eigenvalue weighted by atomic mass is 16.1. The summed E-state index contributed by atoms with van der Waals surface area (Å²) in [5, 5.41) is 4.04. The Balaban J connectivity index is 1.75. The van der Waals surface area contributed by atoms with Crippen molar-refractivity contribution in [2.45, 2.75) is 38.1 Å². The Morgan fingerprint density at radius 3 is 2.95 bits per heavy atom. The SMILES string of the molecule is NC1CCCCCC1C(=O)Nc1ccc2ncccc2c1. The van der Waals surface area contributed by atoms with Crippen LogP contribution in [-0.4, -0.2) is 16.9 Å². The van der Waals surface area contributed by atoms with Gasteiger partial charge in [-0.05, 0) is 37.1 Å². The first kappa shape index (κ1) is 14.0. The van der Waals surface area contributed by atoms with Gasteiger partial charge in [0.1, 0.15) is 0 Å². The van der Waals surface area contributed by atoms with E-state index in [1.165, 1.54) is 6.42 Å². The quantitative estimate of drug-likeness (QED) is 0.832. The molecule has 21 heavy (non-hydrogen) atoms. The van der Waals surface area contributed by atoms with E-state index >= 15 is 0 Å². The molecule has 1 aliphatic carbocycles. The molecule has 0 bridgehead atoms. The van der Waals surface area contributed by atoms with Gasteiger partial charge in [-0.15, -0.1) is 0 Å². The molecule has 0 saturated heterocycles. The minimum absolute atomic E-state index is 0.0189. The molecule has 0 aliphatic heterocycles. The second-order valence-electron chi connectivity index (χ2n) is 5.81. The number of anilines is 1. The summed E-state index contributed by atoms with van der Waals surface area (Å²) < 4.78 is 0. The molecule has 110 valence electrons. The molecule has 1 amide bonds. The minimum atomic E-state index is -0.0721. The number of hydrogen-bond acceptors (Lipinski definition) is 3. The van der Waals surface area contributed by atoms with Crippen LogP contribution >= 0.6 is 0 Å². The highest BCUT2D eigenvalue weighted by molar-refractivity contribution is 5.95. The van der Waals surface area contributed by atoms with Crippen LogP contribution in [0.2, 0.25) is 0 Å². The number of nitrogens with one attached hydrogen (secondary N) is 1. The molecule has 2 unspecified atom stereocenters. The number of hydrogen-bond donors (Lipinski definition) is 2. The van der Waals surface area contributed by atoms with Crippen LogP contribution in [0.5, 0.6) is 0 Å². The molecular weight excluding hydrogens is 262 g/mol. The Bertz CT molecular complexity index is 641. The van der Waals surface area contributed by atoms with Gasteiger partial charge >= 0.3 is 0 Å². The summed E-state index contributed by atoms with van der Waals surface area (Å²) in [4.78, 5) is 16.7. The average Bonchev–Trinajstić information content (AvgIpc) is 2.71. The van der Waals surface area contributed by atoms with Crippen molar-refractivity contribution >= 4 is 22.5 Å². The highest BCUT2D eigenvalue weighted by Crippen LogP contribution is 2.24. The van der Waals surface area contributed by atoms with E-state index in [4.69, 9.17) is 5.73 Å². The van der Waals surface area contributed by atoms with Gasteiger partial charge in [-0.2, -0.15) is 0 Å². The fourth-order valence-corrected chi connectivity index (χ4v) is 3.05. The first-order valence-corrected chi connectivity index (χ1v) is 7.65. The molecule has 4 heteroatoms. The van der Waals surface area contributed by atoms with Crippen molar-refractivity contribution < 1.29 is 4.79 Å². The minimum Gasteiger partial charge on any atom is -0.327 e. The van der Waals surface area contributed by atoms with E-state index in [9.17, 15) is 4.79 Å². The van der Waals surface area contributed by atoms with E-state index in [-0.39, 0.29) is 17.9 Å². The highest BCUT2D eigenvalue weighted by Gasteiger charge is 2.26. The lowest BCUT2D eigenvalue weighted by Crippen LogP contribution is -2.37. The Hall–Kier alpha value is -1.94. The third kappa shape index (κ3) is 3.22. The molecule has 3 N–H and O–H groups in total. The number of amides is 1. The van der Waals surface area contributed by atoms with Crippen LogP contribution in [0.4, 0.5) is 5.69 Å². The third-order valence-electron chi connectivity index (χ3n) is 4.28. The Labute approximate surface area is 124 Å². The van der Waals surface area contributed by atoms with Crippen LogP contribution < -0.4 is 11.1 Å². The standard InChI is InChI=1S/C17H21N3O/c18-15-7-3-1-2-6-14(15)17(21)20-13-8-9-16-12(11-13)5-4-10-19-16/h4-5,8-11,14-15H,1-3,6-7,18H2,(H,20,21). The molecule has 3 rings (SSSR count). The maximum absolute atomic E-state index is 12.5. The second kappa shape index (κ2) is 6.22. The number of nitrogens with two attached hydrogens (primary N) is 1. The summed E-state index contributed by atoms with van der Waals surface area (Å²) in [5.74, 6) is -0.0234. The van der Waals surface area contributed by atoms with Crippen molar-refractivity contribution in [1.29, 1.82) is 0 Å². The summed E-state index contributed by atoms with van der Waals surface area (Å²) >= 11 is 0. The number of carbonyl (C=O) groups excluding carboxylic acids is 1. The predicted molar refractivity (Wildman–Crippen MR) is 84.9 cm³/mol. The summed E-state index contributed by atoms with van der Waals surface area (Å²) in [7, 11) is 0. The third-order valence-corrected chi connectivity index (χ3v) is 4.28. The van der Waals surface area contributed by atoms with Gasteiger partial charge in [0, 0.05) is 23.3 Å². The van der Waals surface area contributed by atoms with Crippen LogP contribution in [-0.2, 0) is 4.79 Å². The van der Waals surface area contributed by atoms with E-state index in [0.29, 0.717) is 0 Å².